The van der Waals surface area contributed by atoms with E-state index in [-0.39, 0.29) is 6.04 Å². The molecule has 0 aliphatic heterocycles. The molecule has 2 aromatic heterocycles. The Kier molecular flexibility index (Phi) is 2.66. The van der Waals surface area contributed by atoms with Crippen LogP contribution < -0.4 is 10.5 Å². The van der Waals surface area contributed by atoms with Gasteiger partial charge in [0.15, 0.2) is 5.75 Å². The molecular weight excluding hydrogens is 206 g/mol. The smallest absolute Gasteiger partial charge is 0.161 e. The Labute approximate surface area is 93.6 Å². The van der Waals surface area contributed by atoms with Crippen LogP contribution in [0.4, 0.5) is 0 Å². The molecule has 2 N–H and O–H groups in total. The third kappa shape index (κ3) is 1.57. The summed E-state index contributed by atoms with van der Waals surface area (Å²) in [6, 6.07) is 1.59. The Hall–Kier alpha value is -1.82. The molecule has 1 atom stereocenters. The van der Waals surface area contributed by atoms with E-state index in [0.29, 0.717) is 5.75 Å². The molecule has 2 heterocycles. The zero-order valence-electron chi connectivity index (χ0n) is 9.58. The van der Waals surface area contributed by atoms with E-state index in [1.54, 1.807) is 28.9 Å². The van der Waals surface area contributed by atoms with Crippen LogP contribution in [0.25, 0.3) is 0 Å². The molecule has 0 fully saturated rings. The second kappa shape index (κ2) is 3.97. The van der Waals surface area contributed by atoms with Crippen LogP contribution in [-0.2, 0) is 14.1 Å². The minimum absolute atomic E-state index is 0.296. The summed E-state index contributed by atoms with van der Waals surface area (Å²) in [6.07, 6.45) is 3.38. The second-order valence-corrected chi connectivity index (χ2v) is 3.58. The average Bonchev–Trinajstić information content (AvgIpc) is 2.83. The van der Waals surface area contributed by atoms with Gasteiger partial charge in [0, 0.05) is 20.3 Å². The van der Waals surface area contributed by atoms with Gasteiger partial charge in [-0.05, 0) is 6.07 Å². The Balaban J connectivity index is 2.44. The minimum atomic E-state index is -0.296. The summed E-state index contributed by atoms with van der Waals surface area (Å²) in [7, 11) is 5.31. The molecule has 2 rings (SSSR count). The van der Waals surface area contributed by atoms with Crippen molar-refractivity contribution in [3.05, 3.63) is 29.8 Å². The van der Waals surface area contributed by atoms with Gasteiger partial charge in [-0.2, -0.15) is 10.2 Å². The molecule has 0 amide bonds. The fourth-order valence-electron chi connectivity index (χ4n) is 1.77. The number of methoxy groups -OCH3 is 1. The van der Waals surface area contributed by atoms with Gasteiger partial charge < -0.3 is 10.5 Å². The standard InChI is InChI=1S/C10H15N5O/c1-14-7(4-5-12-14)9(11)10-8(16-3)6-13-15(10)2/h4-6,9H,11H2,1-3H3. The maximum atomic E-state index is 6.18. The van der Waals surface area contributed by atoms with E-state index in [9.17, 15) is 0 Å². The molecule has 0 aliphatic carbocycles. The molecule has 0 radical (unpaired) electrons. The van der Waals surface area contributed by atoms with E-state index in [0.717, 1.165) is 11.4 Å². The summed E-state index contributed by atoms with van der Waals surface area (Å²) in [4.78, 5) is 0. The molecular formula is C10H15N5O. The topological polar surface area (TPSA) is 70.9 Å². The van der Waals surface area contributed by atoms with Crippen LogP contribution in [0.15, 0.2) is 18.5 Å². The van der Waals surface area contributed by atoms with Crippen LogP contribution in [0.3, 0.4) is 0 Å². The lowest BCUT2D eigenvalue weighted by Gasteiger charge is -2.14. The largest absolute Gasteiger partial charge is 0.493 e. The Morgan fingerprint density at radius 3 is 2.62 bits per heavy atom. The molecule has 6 heteroatoms. The van der Waals surface area contributed by atoms with Crippen molar-refractivity contribution in [3.63, 3.8) is 0 Å². The molecule has 0 bridgehead atoms. The lowest BCUT2D eigenvalue weighted by Crippen LogP contribution is -2.19. The van der Waals surface area contributed by atoms with Crippen molar-refractivity contribution in [3.8, 4) is 5.75 Å². The lowest BCUT2D eigenvalue weighted by atomic mass is 10.1. The highest BCUT2D eigenvalue weighted by atomic mass is 16.5. The van der Waals surface area contributed by atoms with Crippen molar-refractivity contribution >= 4 is 0 Å². The van der Waals surface area contributed by atoms with Gasteiger partial charge in [0.25, 0.3) is 0 Å². The van der Waals surface area contributed by atoms with Gasteiger partial charge in [0.2, 0.25) is 0 Å². The van der Waals surface area contributed by atoms with Gasteiger partial charge in [-0.1, -0.05) is 0 Å². The average molecular weight is 221 g/mol. The maximum absolute atomic E-state index is 6.18. The lowest BCUT2D eigenvalue weighted by molar-refractivity contribution is 0.405. The highest BCUT2D eigenvalue weighted by Crippen LogP contribution is 2.26. The van der Waals surface area contributed by atoms with E-state index in [1.807, 2.05) is 20.2 Å². The highest BCUT2D eigenvalue weighted by Gasteiger charge is 2.20. The predicted octanol–water partition coefficient (Wildman–Crippen LogP) is 0.210. The fourth-order valence-corrected chi connectivity index (χ4v) is 1.77. The number of hydrogen-bond donors (Lipinski definition) is 1. The summed E-state index contributed by atoms with van der Waals surface area (Å²) >= 11 is 0. The van der Waals surface area contributed by atoms with Crippen LogP contribution in [0.1, 0.15) is 17.4 Å². The van der Waals surface area contributed by atoms with Gasteiger partial charge in [0.1, 0.15) is 5.69 Å². The number of nitrogens with two attached hydrogens (primary N) is 1. The molecule has 0 saturated heterocycles. The monoisotopic (exact) mass is 221 g/mol. The van der Waals surface area contributed by atoms with Gasteiger partial charge in [-0.3, -0.25) is 9.36 Å². The Bertz CT molecular complexity index is 487. The zero-order valence-corrected chi connectivity index (χ0v) is 9.58. The van der Waals surface area contributed by atoms with Gasteiger partial charge in [0.05, 0.1) is 25.0 Å². The van der Waals surface area contributed by atoms with Crippen LogP contribution >= 0.6 is 0 Å². The summed E-state index contributed by atoms with van der Waals surface area (Å²) in [5, 5.41) is 8.23. The first-order chi connectivity index (χ1) is 7.65. The molecule has 0 spiro atoms. The molecule has 0 aliphatic rings. The van der Waals surface area contributed by atoms with Gasteiger partial charge in [-0.25, -0.2) is 0 Å². The third-order valence-electron chi connectivity index (χ3n) is 2.64. The van der Waals surface area contributed by atoms with E-state index in [1.165, 1.54) is 0 Å². The number of nitrogens with zero attached hydrogens (tertiary/aromatic N) is 4. The molecule has 0 aromatic carbocycles. The first kappa shape index (κ1) is 10.7. The van der Waals surface area contributed by atoms with Crippen molar-refractivity contribution in [1.82, 2.24) is 19.6 Å². The molecule has 0 saturated carbocycles. The molecule has 16 heavy (non-hydrogen) atoms. The van der Waals surface area contributed by atoms with Gasteiger partial charge >= 0.3 is 0 Å². The van der Waals surface area contributed by atoms with E-state index in [2.05, 4.69) is 10.2 Å². The van der Waals surface area contributed by atoms with Crippen LogP contribution in [0.5, 0.6) is 5.75 Å². The Morgan fingerprint density at radius 2 is 2.06 bits per heavy atom. The first-order valence-electron chi connectivity index (χ1n) is 4.94. The normalized spacial score (nSPS) is 12.8. The second-order valence-electron chi connectivity index (χ2n) is 3.58. The summed E-state index contributed by atoms with van der Waals surface area (Å²) in [5.41, 5.74) is 7.94. The number of rotatable bonds is 3. The third-order valence-corrected chi connectivity index (χ3v) is 2.64. The van der Waals surface area contributed by atoms with Crippen molar-refractivity contribution in [2.45, 2.75) is 6.04 Å². The fraction of sp³-hybridized carbons (Fsp3) is 0.400. The van der Waals surface area contributed by atoms with E-state index >= 15 is 0 Å². The Morgan fingerprint density at radius 1 is 1.31 bits per heavy atom. The van der Waals surface area contributed by atoms with Gasteiger partial charge in [-0.15, -0.1) is 0 Å². The number of aryl methyl sites for hydroxylation is 2. The number of hydrogen-bond acceptors (Lipinski definition) is 4. The van der Waals surface area contributed by atoms with Crippen LogP contribution in [0.2, 0.25) is 0 Å². The first-order valence-corrected chi connectivity index (χ1v) is 4.94. The quantitative estimate of drug-likeness (QED) is 0.804. The number of ether oxygens (including phenoxy) is 1. The summed E-state index contributed by atoms with van der Waals surface area (Å²) < 4.78 is 8.70. The van der Waals surface area contributed by atoms with Crippen molar-refractivity contribution in [2.75, 3.05) is 7.11 Å². The van der Waals surface area contributed by atoms with Crippen molar-refractivity contribution in [2.24, 2.45) is 19.8 Å². The minimum Gasteiger partial charge on any atom is -0.493 e. The van der Waals surface area contributed by atoms with E-state index in [4.69, 9.17) is 10.5 Å². The van der Waals surface area contributed by atoms with Crippen molar-refractivity contribution < 1.29 is 4.74 Å². The van der Waals surface area contributed by atoms with Crippen LogP contribution in [0, 0.1) is 0 Å². The molecule has 86 valence electrons. The SMILES string of the molecule is COc1cnn(C)c1C(N)c1ccnn1C. The summed E-state index contributed by atoms with van der Waals surface area (Å²) in [6.45, 7) is 0. The van der Waals surface area contributed by atoms with Crippen molar-refractivity contribution in [1.29, 1.82) is 0 Å². The number of aromatic nitrogens is 4. The molecule has 6 nitrogen and oxygen atoms in total. The highest BCUT2D eigenvalue weighted by molar-refractivity contribution is 5.33. The maximum Gasteiger partial charge on any atom is 0.161 e. The zero-order chi connectivity index (χ0) is 11.7. The van der Waals surface area contributed by atoms with E-state index < -0.39 is 0 Å². The molecule has 2 aromatic rings. The van der Waals surface area contributed by atoms with Crippen LogP contribution in [-0.4, -0.2) is 26.7 Å². The predicted molar refractivity (Wildman–Crippen MR) is 59.0 cm³/mol. The molecule has 1 unspecified atom stereocenters. The summed E-state index contributed by atoms with van der Waals surface area (Å²) in [5.74, 6) is 0.691.